The standard InChI is InChI=1S/C21H25NO5S/c1-3-10-4-7-13-14(8-10)28-19(17(13)21(26)27-2)22-18(23)15-11-5-6-12(9-11)16(15)20(24)25/h5-6,10-12,15-16H,3-4,7-9H2,1-2H3,(H,22,23)(H,24,25)/t10-,11+,12+,15+,16-/m1/s1. The van der Waals surface area contributed by atoms with Crippen molar-refractivity contribution < 1.29 is 24.2 Å². The smallest absolute Gasteiger partial charge is 0.341 e. The van der Waals surface area contributed by atoms with E-state index in [1.165, 1.54) is 18.4 Å². The minimum absolute atomic E-state index is 0.0493. The van der Waals surface area contributed by atoms with E-state index in [2.05, 4.69) is 12.2 Å². The maximum Gasteiger partial charge on any atom is 0.341 e. The number of fused-ring (bicyclic) bond motifs is 3. The van der Waals surface area contributed by atoms with Gasteiger partial charge in [-0.3, -0.25) is 9.59 Å². The first kappa shape index (κ1) is 19.2. The molecule has 4 rings (SSSR count). The van der Waals surface area contributed by atoms with Crippen LogP contribution in [0, 0.1) is 29.6 Å². The second kappa shape index (κ2) is 7.35. The van der Waals surface area contributed by atoms with Gasteiger partial charge in [-0.2, -0.15) is 0 Å². The summed E-state index contributed by atoms with van der Waals surface area (Å²) < 4.78 is 4.98. The Bertz CT molecular complexity index is 857. The normalized spacial score (nSPS) is 30.1. The third-order valence-corrected chi connectivity index (χ3v) is 7.79. The van der Waals surface area contributed by atoms with E-state index in [1.54, 1.807) is 0 Å². The van der Waals surface area contributed by atoms with E-state index in [-0.39, 0.29) is 17.7 Å². The van der Waals surface area contributed by atoms with Crippen LogP contribution in [-0.4, -0.2) is 30.1 Å². The molecule has 6 nitrogen and oxygen atoms in total. The van der Waals surface area contributed by atoms with Crippen LogP contribution in [0.3, 0.4) is 0 Å². The fraction of sp³-hybridized carbons (Fsp3) is 0.571. The third-order valence-electron chi connectivity index (χ3n) is 6.62. The number of hydrogen-bond acceptors (Lipinski definition) is 5. The van der Waals surface area contributed by atoms with Crippen molar-refractivity contribution in [1.29, 1.82) is 0 Å². The zero-order valence-corrected chi connectivity index (χ0v) is 16.9. The fourth-order valence-corrected chi connectivity index (χ4v) is 6.47. The van der Waals surface area contributed by atoms with Crippen molar-refractivity contribution in [3.8, 4) is 0 Å². The molecule has 3 aliphatic rings. The van der Waals surface area contributed by atoms with Gasteiger partial charge in [0.25, 0.3) is 0 Å². The molecule has 0 aromatic carbocycles. The first-order valence-corrected chi connectivity index (χ1v) is 10.7. The molecular formula is C21H25NO5S. The van der Waals surface area contributed by atoms with Gasteiger partial charge in [-0.15, -0.1) is 11.3 Å². The number of nitrogens with one attached hydrogen (secondary N) is 1. The summed E-state index contributed by atoms with van der Waals surface area (Å²) in [6, 6.07) is 0. The Balaban J connectivity index is 1.63. The number of carbonyl (C=O) groups excluding carboxylic acids is 2. The molecule has 2 bridgehead atoms. The van der Waals surface area contributed by atoms with E-state index < -0.39 is 23.8 Å². The number of carboxylic acids is 1. The van der Waals surface area contributed by atoms with E-state index in [0.717, 1.165) is 36.1 Å². The van der Waals surface area contributed by atoms with Gasteiger partial charge in [-0.25, -0.2) is 4.79 Å². The SMILES string of the molecule is CC[C@@H]1CCc2c(sc(NC(=O)[C@@H]3[C@H](C(=O)O)[C@H]4C=C[C@H]3C4)c2C(=O)OC)C1. The topological polar surface area (TPSA) is 92.7 Å². The summed E-state index contributed by atoms with van der Waals surface area (Å²) in [5.41, 5.74) is 1.44. The fourth-order valence-electron chi connectivity index (χ4n) is 5.12. The number of rotatable bonds is 5. The number of anilines is 1. The molecule has 0 aliphatic heterocycles. The molecule has 1 aromatic rings. The molecule has 1 fully saturated rings. The number of ether oxygens (including phenoxy) is 1. The second-order valence-corrected chi connectivity index (χ2v) is 9.15. The largest absolute Gasteiger partial charge is 0.481 e. The molecular weight excluding hydrogens is 378 g/mol. The van der Waals surface area contributed by atoms with Crippen molar-refractivity contribution >= 4 is 34.2 Å². The van der Waals surface area contributed by atoms with Crippen LogP contribution < -0.4 is 5.32 Å². The number of aliphatic carboxylic acids is 1. The molecule has 1 amide bonds. The Labute approximate surface area is 168 Å². The van der Waals surface area contributed by atoms with E-state index in [1.807, 2.05) is 12.2 Å². The predicted octanol–water partition coefficient (Wildman–Crippen LogP) is 3.51. The monoisotopic (exact) mass is 403 g/mol. The van der Waals surface area contributed by atoms with Gasteiger partial charge < -0.3 is 15.2 Å². The number of thiophene rings is 1. The summed E-state index contributed by atoms with van der Waals surface area (Å²) in [6.45, 7) is 2.17. The number of amides is 1. The Morgan fingerprint density at radius 2 is 1.96 bits per heavy atom. The van der Waals surface area contributed by atoms with Crippen molar-refractivity contribution in [1.82, 2.24) is 0 Å². The Morgan fingerprint density at radius 3 is 2.61 bits per heavy atom. The van der Waals surface area contributed by atoms with Crippen molar-refractivity contribution in [2.45, 2.75) is 39.0 Å². The van der Waals surface area contributed by atoms with Crippen LogP contribution in [0.1, 0.15) is 47.0 Å². The molecule has 150 valence electrons. The molecule has 0 spiro atoms. The van der Waals surface area contributed by atoms with Crippen LogP contribution in [0.4, 0.5) is 5.00 Å². The molecule has 28 heavy (non-hydrogen) atoms. The lowest BCUT2D eigenvalue weighted by atomic mass is 9.82. The lowest BCUT2D eigenvalue weighted by Gasteiger charge is -2.23. The van der Waals surface area contributed by atoms with Gasteiger partial charge in [0, 0.05) is 4.88 Å². The molecule has 2 N–H and O–H groups in total. The zero-order valence-electron chi connectivity index (χ0n) is 16.1. The first-order chi connectivity index (χ1) is 13.4. The highest BCUT2D eigenvalue weighted by atomic mass is 32.1. The minimum Gasteiger partial charge on any atom is -0.481 e. The number of esters is 1. The summed E-state index contributed by atoms with van der Waals surface area (Å²) >= 11 is 1.44. The Hall–Kier alpha value is -2.15. The van der Waals surface area contributed by atoms with Gasteiger partial charge in [0.1, 0.15) is 5.00 Å². The quantitative estimate of drug-likeness (QED) is 0.580. The molecule has 7 heteroatoms. The first-order valence-electron chi connectivity index (χ1n) is 9.89. The van der Waals surface area contributed by atoms with Crippen LogP contribution in [-0.2, 0) is 27.2 Å². The molecule has 1 saturated carbocycles. The van der Waals surface area contributed by atoms with Gasteiger partial charge in [0.15, 0.2) is 0 Å². The van der Waals surface area contributed by atoms with Gasteiger partial charge in [-0.05, 0) is 49.0 Å². The number of methoxy groups -OCH3 is 1. The number of hydrogen-bond donors (Lipinski definition) is 2. The second-order valence-electron chi connectivity index (χ2n) is 8.04. The van der Waals surface area contributed by atoms with Crippen LogP contribution in [0.5, 0.6) is 0 Å². The van der Waals surface area contributed by atoms with E-state index in [4.69, 9.17) is 4.74 Å². The number of carboxylic acid groups (broad SMARTS) is 1. The molecule has 5 atom stereocenters. The van der Waals surface area contributed by atoms with Crippen LogP contribution in [0.25, 0.3) is 0 Å². The maximum atomic E-state index is 13.1. The van der Waals surface area contributed by atoms with Crippen LogP contribution in [0.15, 0.2) is 12.2 Å². The van der Waals surface area contributed by atoms with Gasteiger partial charge in [0.2, 0.25) is 5.91 Å². The minimum atomic E-state index is -0.929. The van der Waals surface area contributed by atoms with Crippen molar-refractivity contribution in [2.75, 3.05) is 12.4 Å². The van der Waals surface area contributed by atoms with Gasteiger partial charge >= 0.3 is 11.9 Å². The highest BCUT2D eigenvalue weighted by molar-refractivity contribution is 7.17. The van der Waals surface area contributed by atoms with E-state index in [9.17, 15) is 19.5 Å². The van der Waals surface area contributed by atoms with Gasteiger partial charge in [-0.1, -0.05) is 25.5 Å². The third kappa shape index (κ3) is 3.05. The summed E-state index contributed by atoms with van der Waals surface area (Å²) in [5, 5.41) is 13.0. The zero-order chi connectivity index (χ0) is 20.0. The number of carbonyl (C=O) groups is 3. The summed E-state index contributed by atoms with van der Waals surface area (Å²) in [7, 11) is 1.34. The highest BCUT2D eigenvalue weighted by Crippen LogP contribution is 2.49. The molecule has 0 radical (unpaired) electrons. The van der Waals surface area contributed by atoms with E-state index >= 15 is 0 Å². The van der Waals surface area contributed by atoms with Crippen LogP contribution in [0.2, 0.25) is 0 Å². The molecule has 1 heterocycles. The molecule has 0 saturated heterocycles. The van der Waals surface area contributed by atoms with Gasteiger partial charge in [0.05, 0.1) is 24.5 Å². The molecule has 1 aromatic heterocycles. The van der Waals surface area contributed by atoms with E-state index in [0.29, 0.717) is 22.9 Å². The summed E-state index contributed by atoms with van der Waals surface area (Å²) in [5.74, 6) is -2.51. The average Bonchev–Trinajstić information content (AvgIpc) is 3.38. The Morgan fingerprint density at radius 1 is 1.25 bits per heavy atom. The lowest BCUT2D eigenvalue weighted by Crippen LogP contribution is -2.36. The summed E-state index contributed by atoms with van der Waals surface area (Å²) in [6.07, 6.45) is 8.41. The summed E-state index contributed by atoms with van der Waals surface area (Å²) in [4.78, 5) is 38.4. The van der Waals surface area contributed by atoms with Crippen molar-refractivity contribution in [3.05, 3.63) is 28.2 Å². The van der Waals surface area contributed by atoms with Crippen molar-refractivity contribution in [3.63, 3.8) is 0 Å². The predicted molar refractivity (Wildman–Crippen MR) is 105 cm³/mol. The van der Waals surface area contributed by atoms with Crippen molar-refractivity contribution in [2.24, 2.45) is 29.6 Å². The Kier molecular flexibility index (Phi) is 5.04. The van der Waals surface area contributed by atoms with Crippen LogP contribution >= 0.6 is 11.3 Å². The average molecular weight is 404 g/mol. The molecule has 3 aliphatic carbocycles. The number of allylic oxidation sites excluding steroid dienone is 2. The lowest BCUT2D eigenvalue weighted by molar-refractivity contribution is -0.146. The maximum absolute atomic E-state index is 13.1. The molecule has 0 unspecified atom stereocenters. The highest BCUT2D eigenvalue weighted by Gasteiger charge is 2.51.